The smallest absolute Gasteiger partial charge is 0.0587 e. The molecule has 1 rings (SSSR count). The number of likely N-dealkylation sites (tertiary alicyclic amines) is 1. The third kappa shape index (κ3) is 5.28. The fourth-order valence-corrected chi connectivity index (χ4v) is 2.30. The van der Waals surface area contributed by atoms with Crippen molar-refractivity contribution in [2.24, 2.45) is 0 Å². The molecule has 0 aliphatic carbocycles. The zero-order valence-corrected chi connectivity index (χ0v) is 9.86. The lowest BCUT2D eigenvalue weighted by Crippen LogP contribution is -2.46. The van der Waals surface area contributed by atoms with Gasteiger partial charge in [0.2, 0.25) is 0 Å². The Morgan fingerprint density at radius 1 is 1.25 bits per heavy atom. The van der Waals surface area contributed by atoms with Gasteiger partial charge < -0.3 is 10.2 Å². The zero-order valence-electron chi connectivity index (χ0n) is 9.86. The van der Waals surface area contributed by atoms with Gasteiger partial charge in [-0.25, -0.2) is 0 Å². The Morgan fingerprint density at radius 3 is 2.62 bits per heavy atom. The lowest BCUT2D eigenvalue weighted by atomic mass is 9.99. The second-order valence-corrected chi connectivity index (χ2v) is 4.61. The molecule has 0 amide bonds. The minimum absolute atomic E-state index is 0. The first kappa shape index (κ1) is 15.9. The maximum atomic E-state index is 9.50. The van der Waals surface area contributed by atoms with Gasteiger partial charge in [-0.05, 0) is 25.8 Å². The SMILES string of the molecule is C.CCCCCCN1CCC(O)CC1CO. The lowest BCUT2D eigenvalue weighted by Gasteiger charge is -2.36. The van der Waals surface area contributed by atoms with Crippen LogP contribution in [0.2, 0.25) is 0 Å². The second kappa shape index (κ2) is 8.97. The van der Waals surface area contributed by atoms with E-state index in [0.717, 1.165) is 25.9 Å². The molecule has 1 aliphatic rings. The van der Waals surface area contributed by atoms with Crippen molar-refractivity contribution < 1.29 is 10.2 Å². The Hall–Kier alpha value is -0.120. The molecule has 16 heavy (non-hydrogen) atoms. The fourth-order valence-electron chi connectivity index (χ4n) is 2.30. The van der Waals surface area contributed by atoms with Gasteiger partial charge in [0.25, 0.3) is 0 Å². The first-order valence-corrected chi connectivity index (χ1v) is 6.31. The summed E-state index contributed by atoms with van der Waals surface area (Å²) in [5, 5.41) is 18.7. The highest BCUT2D eigenvalue weighted by Crippen LogP contribution is 2.18. The van der Waals surface area contributed by atoms with Gasteiger partial charge in [-0.15, -0.1) is 0 Å². The Morgan fingerprint density at radius 2 is 2.00 bits per heavy atom. The highest BCUT2D eigenvalue weighted by molar-refractivity contribution is 4.80. The van der Waals surface area contributed by atoms with Gasteiger partial charge in [-0.3, -0.25) is 4.90 Å². The number of aliphatic hydroxyl groups is 2. The Labute approximate surface area is 100 Å². The maximum Gasteiger partial charge on any atom is 0.0587 e. The number of rotatable bonds is 6. The summed E-state index contributed by atoms with van der Waals surface area (Å²) >= 11 is 0. The maximum absolute atomic E-state index is 9.50. The molecule has 1 saturated heterocycles. The van der Waals surface area contributed by atoms with Crippen molar-refractivity contribution in [3.8, 4) is 0 Å². The van der Waals surface area contributed by atoms with Crippen molar-refractivity contribution in [1.29, 1.82) is 0 Å². The number of piperidine rings is 1. The Kier molecular flexibility index (Phi) is 8.90. The van der Waals surface area contributed by atoms with Gasteiger partial charge in [0.15, 0.2) is 0 Å². The van der Waals surface area contributed by atoms with Crippen molar-refractivity contribution >= 4 is 0 Å². The zero-order chi connectivity index (χ0) is 11.1. The number of aliphatic hydroxyl groups excluding tert-OH is 2. The van der Waals surface area contributed by atoms with Crippen LogP contribution in [-0.2, 0) is 0 Å². The van der Waals surface area contributed by atoms with Crippen molar-refractivity contribution in [3.05, 3.63) is 0 Å². The predicted octanol–water partition coefficient (Wildman–Crippen LogP) is 2.02. The van der Waals surface area contributed by atoms with E-state index in [1.54, 1.807) is 0 Å². The van der Waals surface area contributed by atoms with Crippen molar-refractivity contribution in [2.45, 2.75) is 65.0 Å². The van der Waals surface area contributed by atoms with Gasteiger partial charge in [0, 0.05) is 12.6 Å². The average Bonchev–Trinajstić information content (AvgIpc) is 2.26. The molecule has 0 saturated carbocycles. The van der Waals surface area contributed by atoms with E-state index >= 15 is 0 Å². The van der Waals surface area contributed by atoms with E-state index < -0.39 is 0 Å². The Bertz CT molecular complexity index is 164. The van der Waals surface area contributed by atoms with Crippen LogP contribution in [0.25, 0.3) is 0 Å². The second-order valence-electron chi connectivity index (χ2n) is 4.61. The molecule has 1 fully saturated rings. The quantitative estimate of drug-likeness (QED) is 0.687. The summed E-state index contributed by atoms with van der Waals surface area (Å²) in [6.07, 6.45) is 6.49. The van der Waals surface area contributed by atoms with Gasteiger partial charge in [-0.1, -0.05) is 33.6 Å². The molecule has 3 heteroatoms. The molecule has 1 aliphatic heterocycles. The van der Waals surface area contributed by atoms with E-state index in [1.807, 2.05) is 0 Å². The van der Waals surface area contributed by atoms with E-state index in [2.05, 4.69) is 11.8 Å². The van der Waals surface area contributed by atoms with E-state index in [1.165, 1.54) is 25.7 Å². The van der Waals surface area contributed by atoms with Crippen LogP contribution in [0.3, 0.4) is 0 Å². The molecule has 2 N–H and O–H groups in total. The number of nitrogens with zero attached hydrogens (tertiary/aromatic N) is 1. The molecule has 0 radical (unpaired) electrons. The highest BCUT2D eigenvalue weighted by atomic mass is 16.3. The van der Waals surface area contributed by atoms with Crippen molar-refractivity contribution in [1.82, 2.24) is 4.90 Å². The summed E-state index contributed by atoms with van der Waals surface area (Å²) in [6.45, 7) is 4.43. The number of hydrogen-bond donors (Lipinski definition) is 2. The molecule has 0 aromatic carbocycles. The van der Waals surface area contributed by atoms with Gasteiger partial charge in [0.1, 0.15) is 0 Å². The summed E-state index contributed by atoms with van der Waals surface area (Å²) in [5.74, 6) is 0. The van der Waals surface area contributed by atoms with E-state index in [0.29, 0.717) is 0 Å². The van der Waals surface area contributed by atoms with Crippen LogP contribution in [0.5, 0.6) is 0 Å². The average molecular weight is 231 g/mol. The highest BCUT2D eigenvalue weighted by Gasteiger charge is 2.25. The molecule has 0 aromatic rings. The monoisotopic (exact) mass is 231 g/mol. The molecule has 0 aromatic heterocycles. The van der Waals surface area contributed by atoms with Crippen LogP contribution in [0, 0.1) is 0 Å². The molecule has 0 bridgehead atoms. The van der Waals surface area contributed by atoms with Crippen LogP contribution in [0.15, 0.2) is 0 Å². The van der Waals surface area contributed by atoms with Gasteiger partial charge in [-0.2, -0.15) is 0 Å². The molecule has 98 valence electrons. The summed E-state index contributed by atoms with van der Waals surface area (Å²) in [4.78, 5) is 2.34. The largest absolute Gasteiger partial charge is 0.395 e. The van der Waals surface area contributed by atoms with Crippen molar-refractivity contribution in [2.75, 3.05) is 19.7 Å². The number of hydrogen-bond acceptors (Lipinski definition) is 3. The van der Waals surface area contributed by atoms with Gasteiger partial charge >= 0.3 is 0 Å². The minimum atomic E-state index is -0.200. The van der Waals surface area contributed by atoms with Crippen LogP contribution >= 0.6 is 0 Å². The van der Waals surface area contributed by atoms with Gasteiger partial charge in [0.05, 0.1) is 12.7 Å². The molecule has 2 atom stereocenters. The Balaban J connectivity index is 0.00000225. The molecule has 2 unspecified atom stereocenters. The summed E-state index contributed by atoms with van der Waals surface area (Å²) < 4.78 is 0. The normalized spacial score (nSPS) is 26.4. The van der Waals surface area contributed by atoms with E-state index in [-0.39, 0.29) is 26.2 Å². The summed E-state index contributed by atoms with van der Waals surface area (Å²) in [6, 6.07) is 0.190. The first-order valence-electron chi connectivity index (χ1n) is 6.31. The molecular formula is C13H29NO2. The molecule has 3 nitrogen and oxygen atoms in total. The third-order valence-corrected chi connectivity index (χ3v) is 3.32. The number of unbranched alkanes of at least 4 members (excludes halogenated alkanes) is 3. The minimum Gasteiger partial charge on any atom is -0.395 e. The van der Waals surface area contributed by atoms with Crippen LogP contribution in [0.4, 0.5) is 0 Å². The topological polar surface area (TPSA) is 43.7 Å². The fraction of sp³-hybridized carbons (Fsp3) is 1.00. The van der Waals surface area contributed by atoms with E-state index in [4.69, 9.17) is 0 Å². The lowest BCUT2D eigenvalue weighted by molar-refractivity contribution is 0.0163. The summed E-state index contributed by atoms with van der Waals surface area (Å²) in [7, 11) is 0. The molecule has 1 heterocycles. The van der Waals surface area contributed by atoms with E-state index in [9.17, 15) is 10.2 Å². The van der Waals surface area contributed by atoms with Crippen LogP contribution in [0.1, 0.15) is 52.9 Å². The summed E-state index contributed by atoms with van der Waals surface area (Å²) in [5.41, 5.74) is 0. The predicted molar refractivity (Wildman–Crippen MR) is 68.6 cm³/mol. The first-order chi connectivity index (χ1) is 7.27. The molecular weight excluding hydrogens is 202 g/mol. The van der Waals surface area contributed by atoms with Crippen LogP contribution < -0.4 is 0 Å². The van der Waals surface area contributed by atoms with Crippen molar-refractivity contribution in [3.63, 3.8) is 0 Å². The third-order valence-electron chi connectivity index (χ3n) is 3.32. The standard InChI is InChI=1S/C12H25NO2.CH4/c1-2-3-4-5-7-13-8-6-12(15)9-11(13)10-14;/h11-12,14-15H,2-10H2,1H3;1H4. The molecule has 0 spiro atoms. The van der Waals surface area contributed by atoms with Crippen LogP contribution in [-0.4, -0.2) is 47.0 Å².